The number of likely N-dealkylation sites (tertiary alicyclic amines) is 1. The van der Waals surface area contributed by atoms with Crippen LogP contribution in [0.3, 0.4) is 0 Å². The summed E-state index contributed by atoms with van der Waals surface area (Å²) in [6.07, 6.45) is 11.0. The molecule has 86 heavy (non-hydrogen) atoms. The van der Waals surface area contributed by atoms with Gasteiger partial charge in [0.2, 0.25) is 5.78 Å². The number of amides is 1. The van der Waals surface area contributed by atoms with Crippen molar-refractivity contribution in [3.63, 3.8) is 0 Å². The molecule has 1 aliphatic carbocycles. The highest BCUT2D eigenvalue weighted by molar-refractivity contribution is 9.10. The summed E-state index contributed by atoms with van der Waals surface area (Å²) >= 11 is 9.87. The average Bonchev–Trinajstić information content (AvgIpc) is 2.38. The van der Waals surface area contributed by atoms with Gasteiger partial charge in [-0.25, -0.2) is 9.59 Å². The molecule has 0 spiro atoms. The van der Waals surface area contributed by atoms with Gasteiger partial charge in [-0.1, -0.05) is 33.6 Å². The molecule has 4 aromatic heterocycles. The Balaban J connectivity index is 0.000000164. The van der Waals surface area contributed by atoms with E-state index in [1.807, 2.05) is 80.1 Å². The fourth-order valence-electron chi connectivity index (χ4n) is 9.30. The van der Waals surface area contributed by atoms with Gasteiger partial charge in [-0.05, 0) is 192 Å². The molecule has 0 radical (unpaired) electrons. The van der Waals surface area contributed by atoms with Gasteiger partial charge in [-0.15, -0.1) is 0 Å². The molecule has 452 valence electrons. The fraction of sp³-hybridized carbons (Fsp3) is 0.375. The third kappa shape index (κ3) is 16.2. The van der Waals surface area contributed by atoms with Crippen molar-refractivity contribution in [3.8, 4) is 5.75 Å². The number of benzene rings is 5. The number of halogens is 2. The number of esters is 1. The van der Waals surface area contributed by atoms with Gasteiger partial charge in [0, 0.05) is 98.2 Å². The molecule has 5 aromatic carbocycles. The van der Waals surface area contributed by atoms with Gasteiger partial charge in [0.25, 0.3) is 17.5 Å². The maximum Gasteiger partial charge on any atom is 0.379 e. The van der Waals surface area contributed by atoms with Crippen molar-refractivity contribution in [2.45, 2.75) is 130 Å². The number of carbonyl (C=O) groups excluding carboxylic acids is 5. The summed E-state index contributed by atoms with van der Waals surface area (Å²) in [5.74, 6) is -4.60. The average molecular weight is 1260 g/mol. The minimum atomic E-state index is -1.44. The van der Waals surface area contributed by atoms with Gasteiger partial charge in [-0.3, -0.25) is 37.9 Å². The molecular formula is C64H72BrClN10O10. The van der Waals surface area contributed by atoms with Gasteiger partial charge in [0.05, 0.1) is 45.8 Å². The number of fused-ring (bicyclic) bond motifs is 4. The molecular weight excluding hydrogens is 1180 g/mol. The van der Waals surface area contributed by atoms with E-state index in [0.717, 1.165) is 81.5 Å². The molecule has 20 nitrogen and oxygen atoms in total. The number of carboxylic acid groups (broad SMARTS) is 1. The van der Waals surface area contributed by atoms with Crippen molar-refractivity contribution < 1.29 is 48.5 Å². The van der Waals surface area contributed by atoms with Crippen molar-refractivity contribution in [2.75, 3.05) is 26.2 Å². The quantitative estimate of drug-likeness (QED) is 0.0411. The van der Waals surface area contributed by atoms with Crippen LogP contribution in [-0.2, 0) is 19.1 Å². The predicted octanol–water partition coefficient (Wildman–Crippen LogP) is 11.9. The minimum absolute atomic E-state index is 0.174. The molecule has 2 aliphatic rings. The molecule has 3 N–H and O–H groups in total. The Morgan fingerprint density at radius 2 is 1.03 bits per heavy atom. The van der Waals surface area contributed by atoms with Crippen LogP contribution in [0.5, 0.6) is 5.75 Å². The number of hydrogen-bond acceptors (Lipinski definition) is 14. The van der Waals surface area contributed by atoms with Gasteiger partial charge < -0.3 is 29.9 Å². The Morgan fingerprint density at radius 3 is 1.45 bits per heavy atom. The van der Waals surface area contributed by atoms with E-state index >= 15 is 0 Å². The number of aliphatic hydroxyl groups excluding tert-OH is 1. The number of Topliss-reactive ketones (excluding diaryl/α,β-unsaturated/α-hetero) is 3. The molecule has 1 saturated heterocycles. The van der Waals surface area contributed by atoms with E-state index < -0.39 is 47.3 Å². The number of carbonyl (C=O) groups is 6. The molecule has 0 unspecified atom stereocenters. The predicted molar refractivity (Wildman–Crippen MR) is 333 cm³/mol. The lowest BCUT2D eigenvalue weighted by Gasteiger charge is -2.28. The molecule has 2 fully saturated rings. The van der Waals surface area contributed by atoms with E-state index in [1.54, 1.807) is 84.5 Å². The largest absolute Gasteiger partial charge is 0.489 e. The maximum atomic E-state index is 13.1. The second-order valence-electron chi connectivity index (χ2n) is 22.4. The van der Waals surface area contributed by atoms with E-state index in [1.165, 1.54) is 11.5 Å². The Bertz CT molecular complexity index is 3930. The van der Waals surface area contributed by atoms with Crippen LogP contribution in [0.15, 0.2) is 120 Å². The maximum absolute atomic E-state index is 13.1. The smallest absolute Gasteiger partial charge is 0.379 e. The summed E-state index contributed by atoms with van der Waals surface area (Å²) in [5, 5.41) is 44.4. The second kappa shape index (κ2) is 28.4. The second-order valence-corrected chi connectivity index (χ2v) is 23.7. The number of ketones is 3. The monoisotopic (exact) mass is 1250 g/mol. The molecule has 1 amide bonds. The third-order valence-corrected chi connectivity index (χ3v) is 15.1. The first-order valence-electron chi connectivity index (χ1n) is 28.8. The molecule has 5 heterocycles. The molecule has 9 aromatic rings. The van der Waals surface area contributed by atoms with E-state index in [9.17, 15) is 33.9 Å². The minimum Gasteiger partial charge on any atom is -0.489 e. The number of aliphatic hydroxyl groups is 1. The Hall–Kier alpha value is -8.11. The number of carboxylic acids is 1. The third-order valence-electron chi connectivity index (χ3n) is 14.3. The Kier molecular flexibility index (Phi) is 21.1. The first-order chi connectivity index (χ1) is 41.0. The lowest BCUT2D eigenvalue weighted by atomic mass is 10.0. The van der Waals surface area contributed by atoms with E-state index in [0.29, 0.717) is 34.5 Å². The first-order valence-corrected chi connectivity index (χ1v) is 30.0. The summed E-state index contributed by atoms with van der Waals surface area (Å²) in [7, 11) is 0. The number of aliphatic carboxylic acids is 1. The van der Waals surface area contributed by atoms with E-state index in [-0.39, 0.29) is 42.0 Å². The molecule has 1 saturated carbocycles. The van der Waals surface area contributed by atoms with Gasteiger partial charge in [0.15, 0.2) is 0 Å². The van der Waals surface area contributed by atoms with Gasteiger partial charge in [0.1, 0.15) is 11.9 Å². The highest BCUT2D eigenvalue weighted by atomic mass is 79.9. The van der Waals surface area contributed by atoms with Crippen LogP contribution in [-0.4, -0.2) is 128 Å². The number of nitrogens with zero attached hydrogens (tertiary/aromatic N) is 9. The summed E-state index contributed by atoms with van der Waals surface area (Å²) in [5.41, 5.74) is 4.72. The topological polar surface area (TPSA) is 248 Å². The summed E-state index contributed by atoms with van der Waals surface area (Å²) in [6, 6.07) is 26.5. The standard InChI is InChI=1S/C28H33ClN4O4.C14H16N2O3.C12H12N2O3.C10H11BrN2/c1-17(2)33-15-20-13-18(5-9-23(20)31-33)27(35)28(36)30-24(16-32-11-3-4-12-32)26(34)19-6-10-25(22(29)14-19)37-21-7-8-21;1-4-19-14(18)13(17)10-5-6-12-11(7-10)8-16(15-12)9(2)3;1-7(2)14-6-9-5-8(11(15)12(16)17)3-4-10(9)13-14;1-7(2)13-6-8-5-9(11)3-4-10(8)12-13/h5-6,9-10,13-15,17,21,24,26,34H,3-4,7-8,11-12,16H2,1-2H3,(H,30,36);5-9H,4H2,1-3H3;3-7H,1-2H3,(H,16,17);3-7H,1-2H3/t24-,26-;;;/m1.../s1. The van der Waals surface area contributed by atoms with Crippen LogP contribution >= 0.6 is 27.5 Å². The lowest BCUT2D eigenvalue weighted by molar-refractivity contribution is -0.137. The number of aromatic nitrogens is 8. The van der Waals surface area contributed by atoms with Gasteiger partial charge >= 0.3 is 11.9 Å². The van der Waals surface area contributed by atoms with Crippen LogP contribution in [0.2, 0.25) is 5.02 Å². The molecule has 11 rings (SSSR count). The normalized spacial score (nSPS) is 14.0. The van der Waals surface area contributed by atoms with Crippen molar-refractivity contribution in [3.05, 3.63) is 148 Å². The first kappa shape index (κ1) is 63.9. The summed E-state index contributed by atoms with van der Waals surface area (Å²) < 4.78 is 19.0. The van der Waals surface area contributed by atoms with E-state index in [2.05, 4.69) is 72.7 Å². The van der Waals surface area contributed by atoms with Gasteiger partial charge in [-0.2, -0.15) is 20.4 Å². The highest BCUT2D eigenvalue weighted by Crippen LogP contribution is 2.34. The molecule has 22 heteroatoms. The number of nitrogens with one attached hydrogen (secondary N) is 1. The molecule has 0 bridgehead atoms. The van der Waals surface area contributed by atoms with E-state index in [4.69, 9.17) is 26.2 Å². The van der Waals surface area contributed by atoms with Crippen LogP contribution < -0.4 is 10.1 Å². The number of hydrogen-bond donors (Lipinski definition) is 3. The Labute approximate surface area is 511 Å². The lowest BCUT2D eigenvalue weighted by Crippen LogP contribution is -2.48. The van der Waals surface area contributed by atoms with Crippen LogP contribution in [0.1, 0.15) is 155 Å². The van der Waals surface area contributed by atoms with Crippen molar-refractivity contribution in [1.29, 1.82) is 0 Å². The Morgan fingerprint density at radius 1 is 0.605 bits per heavy atom. The summed E-state index contributed by atoms with van der Waals surface area (Å²) in [6.45, 7) is 20.4. The zero-order valence-electron chi connectivity index (χ0n) is 49.6. The van der Waals surface area contributed by atoms with Crippen molar-refractivity contribution in [2.24, 2.45) is 0 Å². The zero-order chi connectivity index (χ0) is 62.1. The van der Waals surface area contributed by atoms with Crippen LogP contribution in [0, 0.1) is 0 Å². The fourth-order valence-corrected chi connectivity index (χ4v) is 9.91. The zero-order valence-corrected chi connectivity index (χ0v) is 52.0. The molecule has 2 atom stereocenters. The van der Waals surface area contributed by atoms with Crippen LogP contribution in [0.4, 0.5) is 0 Å². The molecule has 1 aliphatic heterocycles. The number of ether oxygens (including phenoxy) is 2. The number of rotatable bonds is 18. The summed E-state index contributed by atoms with van der Waals surface area (Å²) in [4.78, 5) is 73.5. The highest BCUT2D eigenvalue weighted by Gasteiger charge is 2.31. The SMILES string of the molecule is CC(C)n1cc2cc(Br)ccc2n1.CC(C)n1cc2cc(C(=O)C(=O)N[C@H](CN3CCCC3)[C@H](O)c3ccc(OC4CC4)c(Cl)c3)ccc2n1.CC(C)n1cc2cc(C(=O)C(=O)O)ccc2n1.CCOC(=O)C(=O)c1ccc2nn(C(C)C)cc2c1. The van der Waals surface area contributed by atoms with Crippen LogP contribution in [0.25, 0.3) is 43.6 Å². The van der Waals surface area contributed by atoms with Crippen molar-refractivity contribution in [1.82, 2.24) is 49.3 Å². The van der Waals surface area contributed by atoms with Crippen molar-refractivity contribution >= 4 is 106 Å².